The molecule has 0 spiro atoms. The Morgan fingerprint density at radius 2 is 1.97 bits per heavy atom. The van der Waals surface area contributed by atoms with Crippen LogP contribution in [0.3, 0.4) is 0 Å². The number of likely N-dealkylation sites (tertiary alicyclic amines) is 2. The van der Waals surface area contributed by atoms with Crippen LogP contribution in [0.5, 0.6) is 0 Å². The average Bonchev–Trinajstić information content (AvgIpc) is 3.44. The number of amides is 2. The molecule has 2 aliphatic rings. The van der Waals surface area contributed by atoms with Crippen molar-refractivity contribution in [1.29, 1.82) is 5.26 Å². The smallest absolute Gasteiger partial charge is 0.447 e. The summed E-state index contributed by atoms with van der Waals surface area (Å²) in [4.78, 5) is 28.9. The lowest BCUT2D eigenvalue weighted by atomic mass is 9.76. The second-order valence-corrected chi connectivity index (χ2v) is 10.8. The number of alkyl halides is 2. The van der Waals surface area contributed by atoms with Gasteiger partial charge in [0.1, 0.15) is 30.6 Å². The molecule has 3 rings (SSSR count). The maximum Gasteiger partial charge on any atom is 0.475 e. The minimum absolute atomic E-state index is 0.111. The van der Waals surface area contributed by atoms with E-state index in [9.17, 15) is 33.7 Å². The lowest BCUT2D eigenvalue weighted by molar-refractivity contribution is -0.131. The number of carbonyl (C=O) groups is 2. The number of carbonyl (C=O) groups excluding carboxylic acids is 2. The van der Waals surface area contributed by atoms with Gasteiger partial charge in [-0.25, -0.2) is 13.6 Å². The largest absolute Gasteiger partial charge is 0.475 e. The number of rotatable bonds is 9. The van der Waals surface area contributed by atoms with E-state index in [1.165, 1.54) is 11.0 Å². The summed E-state index contributed by atoms with van der Waals surface area (Å²) < 4.78 is 33.6. The molecule has 0 radical (unpaired) electrons. The number of nitrogens with one attached hydrogen (secondary N) is 1. The molecule has 9 nitrogen and oxygen atoms in total. The highest BCUT2D eigenvalue weighted by Crippen LogP contribution is 2.33. The average molecular weight is 532 g/mol. The highest BCUT2D eigenvalue weighted by molar-refractivity contribution is 6.43. The third-order valence-electron chi connectivity index (χ3n) is 7.21. The second kappa shape index (κ2) is 12.2. The van der Waals surface area contributed by atoms with Crippen LogP contribution >= 0.6 is 0 Å². The molecule has 1 unspecified atom stereocenters. The molecule has 2 saturated heterocycles. The van der Waals surface area contributed by atoms with Gasteiger partial charge >= 0.3 is 13.2 Å². The zero-order valence-electron chi connectivity index (χ0n) is 21.9. The number of nitriles is 1. The summed E-state index contributed by atoms with van der Waals surface area (Å²) in [5.41, 5.74) is -1.45. The Morgan fingerprint density at radius 3 is 2.55 bits per heavy atom. The van der Waals surface area contributed by atoms with Crippen molar-refractivity contribution < 1.29 is 33.2 Å². The molecule has 0 aliphatic carbocycles. The van der Waals surface area contributed by atoms with Gasteiger partial charge in [0, 0.05) is 25.0 Å². The summed E-state index contributed by atoms with van der Waals surface area (Å²) in [5.74, 6) is -1.76. The van der Waals surface area contributed by atoms with Crippen LogP contribution in [0.25, 0.3) is 0 Å². The molecular weight excluding hydrogens is 497 g/mol. The van der Waals surface area contributed by atoms with E-state index in [2.05, 4.69) is 5.32 Å². The van der Waals surface area contributed by atoms with Crippen molar-refractivity contribution in [1.82, 2.24) is 15.1 Å². The van der Waals surface area contributed by atoms with Crippen LogP contribution in [0.1, 0.15) is 39.2 Å². The topological polar surface area (TPSA) is 126 Å². The maximum absolute atomic E-state index is 14.5. The van der Waals surface area contributed by atoms with Gasteiger partial charge in [0.15, 0.2) is 0 Å². The Kier molecular flexibility index (Phi) is 9.52. The standard InChI is InChI=1S/C26H35BF2N4O5/c1-25(2,32-10-9-20(28)15-32)12-19(14-30)23(34)33-16-21(29)13-26(33,3)17-38-24(35)31-22(27(36)37)11-18-7-5-4-6-8-18/h4-8,12,20-22,36-37H,9-11,13,15-17H2,1-3H3,(H,31,35)/t20-,21-,22?,26+/m0/s1. The fourth-order valence-corrected chi connectivity index (χ4v) is 5.02. The van der Waals surface area contributed by atoms with Gasteiger partial charge < -0.3 is 25.0 Å². The molecule has 1 aromatic rings. The molecule has 0 saturated carbocycles. The zero-order valence-corrected chi connectivity index (χ0v) is 21.9. The van der Waals surface area contributed by atoms with Gasteiger partial charge in [-0.3, -0.25) is 9.69 Å². The van der Waals surface area contributed by atoms with Crippen LogP contribution in [0, 0.1) is 11.3 Å². The molecule has 1 aromatic carbocycles. The predicted molar refractivity (Wildman–Crippen MR) is 137 cm³/mol. The van der Waals surface area contributed by atoms with E-state index in [1.807, 2.05) is 17.0 Å². The highest BCUT2D eigenvalue weighted by atomic mass is 19.1. The normalized spacial score (nSPS) is 25.1. The fraction of sp³-hybridized carbons (Fsp3) is 0.577. The predicted octanol–water partition coefficient (Wildman–Crippen LogP) is 1.94. The number of alkyl carbamates (subject to hydrolysis) is 1. The molecule has 2 fully saturated rings. The van der Waals surface area contributed by atoms with E-state index in [-0.39, 0.29) is 38.1 Å². The van der Waals surface area contributed by atoms with Crippen LogP contribution < -0.4 is 5.32 Å². The number of halogens is 2. The SMILES string of the molecule is CC(C)(C=C(C#N)C(=O)N1C[C@@H](F)C[C@]1(C)COC(=O)NC(Cc1ccccc1)B(O)O)N1CC[C@H](F)C1. The molecule has 2 aliphatic heterocycles. The van der Waals surface area contributed by atoms with Crippen molar-refractivity contribution >= 4 is 19.1 Å². The third kappa shape index (κ3) is 7.31. The number of nitrogens with zero attached hydrogens (tertiary/aromatic N) is 3. The molecule has 38 heavy (non-hydrogen) atoms. The lowest BCUT2D eigenvalue weighted by Crippen LogP contribution is -2.52. The highest BCUT2D eigenvalue weighted by Gasteiger charge is 2.47. The van der Waals surface area contributed by atoms with Crippen molar-refractivity contribution in [3.8, 4) is 6.07 Å². The molecule has 2 heterocycles. The summed E-state index contributed by atoms with van der Waals surface area (Å²) in [6.07, 6.45) is -1.44. The summed E-state index contributed by atoms with van der Waals surface area (Å²) >= 11 is 0. The van der Waals surface area contributed by atoms with E-state index in [4.69, 9.17) is 4.74 Å². The van der Waals surface area contributed by atoms with Crippen molar-refractivity contribution in [3.63, 3.8) is 0 Å². The minimum atomic E-state index is -1.85. The van der Waals surface area contributed by atoms with E-state index >= 15 is 0 Å². The third-order valence-corrected chi connectivity index (χ3v) is 7.21. The minimum Gasteiger partial charge on any atom is -0.447 e. The molecule has 12 heteroatoms. The first-order valence-corrected chi connectivity index (χ1v) is 12.7. The Morgan fingerprint density at radius 1 is 1.29 bits per heavy atom. The number of hydrogen-bond acceptors (Lipinski definition) is 7. The number of benzene rings is 1. The van der Waals surface area contributed by atoms with Gasteiger partial charge in [0.25, 0.3) is 5.91 Å². The molecular formula is C26H35BF2N4O5. The molecule has 0 aromatic heterocycles. The Hall–Kier alpha value is -3.01. The van der Waals surface area contributed by atoms with E-state index in [1.54, 1.807) is 45.0 Å². The van der Waals surface area contributed by atoms with Crippen molar-refractivity contribution in [2.75, 3.05) is 26.2 Å². The van der Waals surface area contributed by atoms with Crippen LogP contribution in [0.2, 0.25) is 0 Å². The fourth-order valence-electron chi connectivity index (χ4n) is 5.02. The Labute approximate surface area is 222 Å². The first-order chi connectivity index (χ1) is 17.8. The molecule has 4 atom stereocenters. The second-order valence-electron chi connectivity index (χ2n) is 10.8. The van der Waals surface area contributed by atoms with Crippen LogP contribution in [-0.2, 0) is 16.0 Å². The summed E-state index contributed by atoms with van der Waals surface area (Å²) in [6, 6.07) is 10.8. The van der Waals surface area contributed by atoms with E-state index < -0.39 is 48.5 Å². The van der Waals surface area contributed by atoms with E-state index in [0.29, 0.717) is 13.0 Å². The van der Waals surface area contributed by atoms with Crippen molar-refractivity contribution in [2.45, 2.75) is 69.4 Å². The number of hydrogen-bond donors (Lipinski definition) is 3. The van der Waals surface area contributed by atoms with Gasteiger partial charge in [0.05, 0.1) is 18.0 Å². The summed E-state index contributed by atoms with van der Waals surface area (Å²) in [7, 11) is -1.85. The van der Waals surface area contributed by atoms with E-state index in [0.717, 1.165) is 5.56 Å². The molecule has 2 amide bonds. The van der Waals surface area contributed by atoms with Gasteiger partial charge in [-0.05, 0) is 45.3 Å². The maximum atomic E-state index is 14.5. The molecule has 206 valence electrons. The lowest BCUT2D eigenvalue weighted by Gasteiger charge is -2.36. The summed E-state index contributed by atoms with van der Waals surface area (Å²) in [5, 5.41) is 31.5. The quantitative estimate of drug-likeness (QED) is 0.252. The molecule has 3 N–H and O–H groups in total. The van der Waals surface area contributed by atoms with Gasteiger partial charge in [0.2, 0.25) is 0 Å². The Balaban J connectivity index is 1.68. The monoisotopic (exact) mass is 532 g/mol. The Bertz CT molecular complexity index is 1070. The first-order valence-electron chi connectivity index (χ1n) is 12.7. The number of ether oxygens (including phenoxy) is 1. The van der Waals surface area contributed by atoms with Crippen LogP contribution in [0.4, 0.5) is 13.6 Å². The van der Waals surface area contributed by atoms with Gasteiger partial charge in [-0.15, -0.1) is 0 Å². The van der Waals surface area contributed by atoms with Crippen LogP contribution in [-0.4, -0.2) is 94.6 Å². The van der Waals surface area contributed by atoms with Crippen molar-refractivity contribution in [3.05, 3.63) is 47.5 Å². The molecule has 0 bridgehead atoms. The van der Waals surface area contributed by atoms with Gasteiger partial charge in [-0.1, -0.05) is 30.3 Å². The summed E-state index contributed by atoms with van der Waals surface area (Å²) in [6.45, 7) is 5.17. The van der Waals surface area contributed by atoms with Gasteiger partial charge in [-0.2, -0.15) is 5.26 Å². The van der Waals surface area contributed by atoms with Crippen LogP contribution in [0.15, 0.2) is 42.0 Å². The van der Waals surface area contributed by atoms with Crippen molar-refractivity contribution in [2.24, 2.45) is 0 Å². The zero-order chi connectivity index (χ0) is 28.1. The first kappa shape index (κ1) is 29.5.